The molecule has 2 N–H and O–H groups in total. The molecule has 2 aromatic heterocycles. The zero-order chi connectivity index (χ0) is 16.9. The number of fused-ring (bicyclic) bond motifs is 1. The van der Waals surface area contributed by atoms with Crippen molar-refractivity contribution in [1.29, 1.82) is 0 Å². The van der Waals surface area contributed by atoms with E-state index in [1.165, 1.54) is 19.3 Å². The van der Waals surface area contributed by atoms with Crippen LogP contribution in [-0.4, -0.2) is 9.67 Å². The first-order valence-electron chi connectivity index (χ1n) is 8.65. The standard InChI is InChI=1S/C20H25N4/c1-4-5-7-15(2)13-24-14-17(12-22-24)23-16(3)18-8-6-9-20-19(18)10-11-21-20/h6,8-11,14-15,21,23H,3-5,7,13H2,1-2H3/q+1. The lowest BCUT2D eigenvalue weighted by atomic mass is 10.1. The number of nitrogens with one attached hydrogen (secondary N) is 2. The highest BCUT2D eigenvalue weighted by Gasteiger charge is 2.13. The van der Waals surface area contributed by atoms with Crippen molar-refractivity contribution in [2.75, 3.05) is 5.32 Å². The van der Waals surface area contributed by atoms with E-state index in [1.54, 1.807) is 0 Å². The van der Waals surface area contributed by atoms with Gasteiger partial charge in [-0.15, -0.1) is 0 Å². The average Bonchev–Trinajstić information content (AvgIpc) is 3.21. The zero-order valence-corrected chi connectivity index (χ0v) is 14.5. The lowest BCUT2D eigenvalue weighted by molar-refractivity contribution is -0.419. The number of H-pyrrole nitrogens is 1. The largest absolute Gasteiger partial charge is 0.377 e. The van der Waals surface area contributed by atoms with Crippen LogP contribution in [0.1, 0.15) is 38.7 Å². The fourth-order valence-corrected chi connectivity index (χ4v) is 3.02. The Bertz CT molecular complexity index is 812. The van der Waals surface area contributed by atoms with Gasteiger partial charge < -0.3 is 10.3 Å². The van der Waals surface area contributed by atoms with Gasteiger partial charge in [-0.25, -0.2) is 0 Å². The van der Waals surface area contributed by atoms with Crippen LogP contribution in [0.5, 0.6) is 0 Å². The zero-order valence-electron chi connectivity index (χ0n) is 14.5. The van der Waals surface area contributed by atoms with Gasteiger partial charge in [0.25, 0.3) is 0 Å². The molecular weight excluding hydrogens is 296 g/mol. The number of anilines is 1. The molecule has 0 saturated heterocycles. The topological polar surface area (TPSA) is 46.9 Å². The Morgan fingerprint density at radius 1 is 1.42 bits per heavy atom. The fraction of sp³-hybridized carbons (Fsp3) is 0.350. The molecule has 0 aliphatic rings. The van der Waals surface area contributed by atoms with Crippen molar-refractivity contribution in [1.82, 2.24) is 9.67 Å². The summed E-state index contributed by atoms with van der Waals surface area (Å²) in [6.45, 7) is 9.61. The highest BCUT2D eigenvalue weighted by Crippen LogP contribution is 2.24. The van der Waals surface area contributed by atoms with Crippen LogP contribution in [-0.2, 0) is 6.54 Å². The summed E-state index contributed by atoms with van der Waals surface area (Å²) in [5, 5.41) is 8.84. The normalized spacial score (nSPS) is 12.1. The maximum Gasteiger partial charge on any atom is 0.377 e. The number of aromatic nitrogens is 3. The van der Waals surface area contributed by atoms with Crippen molar-refractivity contribution in [2.24, 2.45) is 5.92 Å². The maximum atomic E-state index is 4.35. The second-order valence-electron chi connectivity index (χ2n) is 6.47. The number of hydrogen-bond donors (Lipinski definition) is 2. The summed E-state index contributed by atoms with van der Waals surface area (Å²) in [7, 11) is 0. The number of unbranched alkanes of at least 4 members (excludes halogenated alkanes) is 1. The smallest absolute Gasteiger partial charge is 0.361 e. The summed E-state index contributed by atoms with van der Waals surface area (Å²) in [4.78, 5) is 3.23. The Morgan fingerprint density at radius 2 is 2.29 bits per heavy atom. The molecule has 0 amide bonds. The van der Waals surface area contributed by atoms with Crippen molar-refractivity contribution in [3.05, 3.63) is 55.0 Å². The maximum absolute atomic E-state index is 4.35. The monoisotopic (exact) mass is 321 g/mol. The van der Waals surface area contributed by atoms with Gasteiger partial charge in [-0.05, 0) is 29.2 Å². The van der Waals surface area contributed by atoms with E-state index in [9.17, 15) is 0 Å². The molecule has 0 aliphatic carbocycles. The molecule has 1 unspecified atom stereocenters. The van der Waals surface area contributed by atoms with Gasteiger partial charge in [-0.3, -0.25) is 0 Å². The van der Waals surface area contributed by atoms with Gasteiger partial charge in [0, 0.05) is 28.4 Å². The number of aromatic amines is 1. The van der Waals surface area contributed by atoms with Crippen LogP contribution in [0.4, 0.5) is 5.69 Å². The fourth-order valence-electron chi connectivity index (χ4n) is 3.02. The summed E-state index contributed by atoms with van der Waals surface area (Å²) in [5.41, 5.74) is 3.91. The van der Waals surface area contributed by atoms with Crippen LogP contribution in [0.2, 0.25) is 0 Å². The van der Waals surface area contributed by atoms with Gasteiger partial charge in [-0.2, -0.15) is 0 Å². The van der Waals surface area contributed by atoms with E-state index in [2.05, 4.69) is 60.2 Å². The molecule has 0 fully saturated rings. The van der Waals surface area contributed by atoms with Gasteiger partial charge in [0.05, 0.1) is 11.6 Å². The second kappa shape index (κ2) is 7.27. The van der Waals surface area contributed by atoms with Crippen molar-refractivity contribution >= 4 is 22.3 Å². The Labute approximate surface area is 143 Å². The van der Waals surface area contributed by atoms with Crippen LogP contribution in [0, 0.1) is 12.1 Å². The Hall–Kier alpha value is -2.67. The molecule has 4 nitrogen and oxygen atoms in total. The molecule has 0 spiro atoms. The molecular formula is C20H25N4+. The summed E-state index contributed by atoms with van der Waals surface area (Å²) in [6, 6.07) is 8.24. The molecule has 1 aromatic carbocycles. The molecule has 3 aromatic rings. The predicted octanol–water partition coefficient (Wildman–Crippen LogP) is 4.28. The summed E-state index contributed by atoms with van der Waals surface area (Å²) < 4.78 is 1.97. The average molecular weight is 321 g/mol. The number of benzene rings is 1. The first kappa shape index (κ1) is 16.2. The predicted molar refractivity (Wildman–Crippen MR) is 98.5 cm³/mol. The highest BCUT2D eigenvalue weighted by molar-refractivity contribution is 5.94. The molecule has 4 heteroatoms. The van der Waals surface area contributed by atoms with Gasteiger partial charge in [0.2, 0.25) is 0 Å². The summed E-state index contributed by atoms with van der Waals surface area (Å²) in [5.74, 6) is 0.628. The van der Waals surface area contributed by atoms with Crippen LogP contribution in [0.15, 0.2) is 43.2 Å². The van der Waals surface area contributed by atoms with Crippen molar-refractivity contribution in [3.8, 4) is 0 Å². The van der Waals surface area contributed by atoms with Gasteiger partial charge in [-0.1, -0.05) is 45.4 Å². The van der Waals surface area contributed by atoms with Crippen molar-refractivity contribution in [2.45, 2.75) is 39.7 Å². The molecule has 0 radical (unpaired) electrons. The van der Waals surface area contributed by atoms with E-state index in [0.717, 1.165) is 34.4 Å². The number of hydrogen-bond acceptors (Lipinski definition) is 1. The first-order valence-corrected chi connectivity index (χ1v) is 8.65. The molecule has 1 atom stereocenters. The summed E-state index contributed by atoms with van der Waals surface area (Å²) in [6.07, 6.45) is 10.7. The van der Waals surface area contributed by atoms with Crippen LogP contribution < -0.4 is 10.4 Å². The Morgan fingerprint density at radius 3 is 3.12 bits per heavy atom. The molecule has 3 rings (SSSR count). The van der Waals surface area contributed by atoms with Crippen LogP contribution >= 0.6 is 0 Å². The van der Waals surface area contributed by atoms with E-state index in [1.807, 2.05) is 23.1 Å². The second-order valence-corrected chi connectivity index (χ2v) is 6.47. The van der Waals surface area contributed by atoms with E-state index in [-0.39, 0.29) is 0 Å². The number of nitrogens with zero attached hydrogens (tertiary/aromatic N) is 2. The SMILES string of the molecule is C=C(Nc1c#[n+]n(CC(C)CCCC)c1)c1cccc2[nH]ccc12. The van der Waals surface area contributed by atoms with Crippen LogP contribution in [0.3, 0.4) is 0 Å². The molecule has 0 bridgehead atoms. The van der Waals surface area contributed by atoms with E-state index in [0.29, 0.717) is 5.92 Å². The van der Waals surface area contributed by atoms with Gasteiger partial charge in [0.1, 0.15) is 6.20 Å². The lowest BCUT2D eigenvalue weighted by Gasteiger charge is -2.07. The van der Waals surface area contributed by atoms with Crippen LogP contribution in [0.25, 0.3) is 16.6 Å². The number of rotatable bonds is 8. The third-order valence-electron chi connectivity index (χ3n) is 4.33. The summed E-state index contributed by atoms with van der Waals surface area (Å²) >= 11 is 0. The minimum absolute atomic E-state index is 0.628. The van der Waals surface area contributed by atoms with E-state index >= 15 is 0 Å². The third kappa shape index (κ3) is 3.62. The van der Waals surface area contributed by atoms with E-state index in [4.69, 9.17) is 0 Å². The van der Waals surface area contributed by atoms with Gasteiger partial charge >= 0.3 is 6.20 Å². The van der Waals surface area contributed by atoms with E-state index < -0.39 is 0 Å². The quantitative estimate of drug-likeness (QED) is 0.650. The molecule has 124 valence electrons. The Balaban J connectivity index is 1.66. The Kier molecular flexibility index (Phi) is 4.90. The molecule has 2 heterocycles. The molecule has 0 saturated carbocycles. The van der Waals surface area contributed by atoms with Crippen molar-refractivity contribution in [3.63, 3.8) is 0 Å². The molecule has 24 heavy (non-hydrogen) atoms. The van der Waals surface area contributed by atoms with Crippen molar-refractivity contribution < 1.29 is 5.10 Å². The first-order chi connectivity index (χ1) is 11.7. The highest BCUT2D eigenvalue weighted by atomic mass is 15.2. The minimum Gasteiger partial charge on any atom is -0.361 e. The minimum atomic E-state index is 0.628. The lowest BCUT2D eigenvalue weighted by Crippen LogP contribution is -2.16. The third-order valence-corrected chi connectivity index (χ3v) is 4.33. The molecule has 0 aliphatic heterocycles. The van der Waals surface area contributed by atoms with Gasteiger partial charge in [0.15, 0.2) is 5.69 Å².